The van der Waals surface area contributed by atoms with Crippen molar-refractivity contribution < 1.29 is 23.5 Å². The van der Waals surface area contributed by atoms with Crippen molar-refractivity contribution in [3.05, 3.63) is 95.7 Å². The van der Waals surface area contributed by atoms with E-state index in [4.69, 9.17) is 9.15 Å². The number of carbonyl (C=O) groups is 3. The maximum absolute atomic E-state index is 12.6. The maximum atomic E-state index is 12.6. The zero-order valence-electron chi connectivity index (χ0n) is 18.6. The summed E-state index contributed by atoms with van der Waals surface area (Å²) < 4.78 is 12.8. The lowest BCUT2D eigenvalue weighted by Crippen LogP contribution is -2.14. The molecule has 9 heteroatoms. The smallest absolute Gasteiger partial charge is 0.291 e. The highest BCUT2D eigenvalue weighted by molar-refractivity contribution is 6.04. The molecule has 0 radical (unpaired) electrons. The lowest BCUT2D eigenvalue weighted by molar-refractivity contribution is 0.0989. The molecule has 0 aliphatic rings. The maximum Gasteiger partial charge on any atom is 0.291 e. The second-order valence-electron chi connectivity index (χ2n) is 7.50. The fourth-order valence-corrected chi connectivity index (χ4v) is 3.12. The summed E-state index contributed by atoms with van der Waals surface area (Å²) in [5.74, 6) is 0.359. The summed E-state index contributed by atoms with van der Waals surface area (Å²) in [4.78, 5) is 36.2. The predicted molar refractivity (Wildman–Crippen MR) is 125 cm³/mol. The highest BCUT2D eigenvalue weighted by atomic mass is 16.5. The Morgan fingerprint density at radius 3 is 2.29 bits per heavy atom. The number of aromatic nitrogens is 2. The Morgan fingerprint density at radius 2 is 1.65 bits per heavy atom. The number of nitrogens with zero attached hydrogens (tertiary/aromatic N) is 2. The van der Waals surface area contributed by atoms with Gasteiger partial charge in [0.1, 0.15) is 18.1 Å². The molecule has 2 aromatic heterocycles. The summed E-state index contributed by atoms with van der Waals surface area (Å²) in [6.07, 6.45) is 1.68. The van der Waals surface area contributed by atoms with Gasteiger partial charge in [-0.2, -0.15) is 5.10 Å². The molecular weight excluding hydrogens is 436 g/mol. The first-order valence-electron chi connectivity index (χ1n) is 10.4. The molecule has 0 atom stereocenters. The molecule has 0 saturated heterocycles. The average Bonchev–Trinajstić information content (AvgIpc) is 3.47. The van der Waals surface area contributed by atoms with Crippen molar-refractivity contribution in [2.24, 2.45) is 7.05 Å². The van der Waals surface area contributed by atoms with Crippen molar-refractivity contribution >= 4 is 29.0 Å². The molecule has 172 valence electrons. The van der Waals surface area contributed by atoms with E-state index >= 15 is 0 Å². The van der Waals surface area contributed by atoms with Crippen LogP contribution in [0.2, 0.25) is 0 Å². The van der Waals surface area contributed by atoms with Gasteiger partial charge in [0.15, 0.2) is 17.2 Å². The quantitative estimate of drug-likeness (QED) is 0.381. The molecule has 0 fully saturated rings. The number of furan rings is 1. The number of rotatable bonds is 8. The number of carbonyl (C=O) groups excluding carboxylic acids is 3. The van der Waals surface area contributed by atoms with E-state index in [2.05, 4.69) is 15.7 Å². The molecule has 2 heterocycles. The third-order valence-corrected chi connectivity index (χ3v) is 4.85. The van der Waals surface area contributed by atoms with Crippen molar-refractivity contribution in [2.75, 3.05) is 10.6 Å². The monoisotopic (exact) mass is 458 g/mol. The highest BCUT2D eigenvalue weighted by Gasteiger charge is 2.14. The van der Waals surface area contributed by atoms with Crippen molar-refractivity contribution in [1.29, 1.82) is 0 Å². The van der Waals surface area contributed by atoms with Crippen LogP contribution in [0.4, 0.5) is 11.4 Å². The van der Waals surface area contributed by atoms with Crippen LogP contribution in [0, 0.1) is 0 Å². The fraction of sp³-hybridized carbons (Fsp3) is 0.120. The second kappa shape index (κ2) is 9.86. The number of benzene rings is 2. The van der Waals surface area contributed by atoms with Crippen molar-refractivity contribution in [3.63, 3.8) is 0 Å². The van der Waals surface area contributed by atoms with Gasteiger partial charge in [0, 0.05) is 30.2 Å². The minimum Gasteiger partial charge on any atom is -0.486 e. The molecule has 0 spiro atoms. The Balaban J connectivity index is 1.33. The lowest BCUT2D eigenvalue weighted by Gasteiger charge is -2.07. The van der Waals surface area contributed by atoms with Crippen LogP contribution >= 0.6 is 0 Å². The summed E-state index contributed by atoms with van der Waals surface area (Å²) >= 11 is 0. The number of anilines is 2. The molecule has 4 rings (SSSR count). The topological polar surface area (TPSA) is 115 Å². The van der Waals surface area contributed by atoms with Crippen molar-refractivity contribution in [1.82, 2.24) is 9.78 Å². The molecule has 4 aromatic rings. The molecule has 0 unspecified atom stereocenters. The zero-order chi connectivity index (χ0) is 24.1. The number of aryl methyl sites for hydroxylation is 1. The highest BCUT2D eigenvalue weighted by Crippen LogP contribution is 2.19. The second-order valence-corrected chi connectivity index (χ2v) is 7.50. The van der Waals surface area contributed by atoms with Crippen LogP contribution in [-0.2, 0) is 13.7 Å². The van der Waals surface area contributed by atoms with Crippen LogP contribution < -0.4 is 15.4 Å². The molecule has 2 amide bonds. The standard InChI is InChI=1S/C25H22N4O5/c1-16(30)17-6-8-20(9-7-17)33-15-21-10-11-23(34-21)25(32)27-19-5-3-4-18(14-19)26-24(31)22-12-13-29(2)28-22/h3-14H,15H2,1-2H3,(H,26,31)(H,27,32). The summed E-state index contributed by atoms with van der Waals surface area (Å²) in [6.45, 7) is 1.63. The van der Waals surface area contributed by atoms with Gasteiger partial charge in [-0.05, 0) is 67.6 Å². The van der Waals surface area contributed by atoms with Crippen LogP contribution in [0.15, 0.2) is 77.3 Å². The van der Waals surface area contributed by atoms with Gasteiger partial charge < -0.3 is 19.8 Å². The van der Waals surface area contributed by atoms with Crippen LogP contribution in [-0.4, -0.2) is 27.4 Å². The third kappa shape index (κ3) is 5.57. The third-order valence-electron chi connectivity index (χ3n) is 4.85. The van der Waals surface area contributed by atoms with E-state index in [0.29, 0.717) is 28.4 Å². The van der Waals surface area contributed by atoms with E-state index < -0.39 is 5.91 Å². The van der Waals surface area contributed by atoms with Gasteiger partial charge in [-0.1, -0.05) is 6.07 Å². The van der Waals surface area contributed by atoms with Gasteiger partial charge in [0.25, 0.3) is 11.8 Å². The number of nitrogens with one attached hydrogen (secondary N) is 2. The van der Waals surface area contributed by atoms with Crippen LogP contribution in [0.5, 0.6) is 5.75 Å². The van der Waals surface area contributed by atoms with Crippen LogP contribution in [0.25, 0.3) is 0 Å². The molecular formula is C25H22N4O5. The van der Waals surface area contributed by atoms with E-state index in [-0.39, 0.29) is 29.8 Å². The number of hydrogen-bond donors (Lipinski definition) is 2. The summed E-state index contributed by atoms with van der Waals surface area (Å²) in [5.41, 5.74) is 1.89. The van der Waals surface area contributed by atoms with E-state index in [1.807, 2.05) is 0 Å². The van der Waals surface area contributed by atoms with Crippen LogP contribution in [0.3, 0.4) is 0 Å². The Hall–Kier alpha value is -4.66. The first-order chi connectivity index (χ1) is 16.4. The van der Waals surface area contributed by atoms with Gasteiger partial charge >= 0.3 is 0 Å². The molecule has 0 bridgehead atoms. The number of hydrogen-bond acceptors (Lipinski definition) is 6. The molecule has 9 nitrogen and oxygen atoms in total. The van der Waals surface area contributed by atoms with Crippen molar-refractivity contribution in [3.8, 4) is 5.75 Å². The first-order valence-corrected chi connectivity index (χ1v) is 10.4. The summed E-state index contributed by atoms with van der Waals surface area (Å²) in [6, 6.07) is 18.4. The Kier molecular flexibility index (Phi) is 6.54. The molecule has 34 heavy (non-hydrogen) atoms. The summed E-state index contributed by atoms with van der Waals surface area (Å²) in [7, 11) is 1.73. The Bertz CT molecular complexity index is 1340. The van der Waals surface area contributed by atoms with E-state index in [1.54, 1.807) is 84.7 Å². The number of amides is 2. The van der Waals surface area contributed by atoms with Gasteiger partial charge in [-0.3, -0.25) is 19.1 Å². The number of Topliss-reactive ketones (excluding diaryl/α,β-unsaturated/α-hetero) is 1. The summed E-state index contributed by atoms with van der Waals surface area (Å²) in [5, 5.41) is 9.55. The first kappa shape index (κ1) is 22.5. The molecule has 0 aliphatic heterocycles. The minimum atomic E-state index is -0.440. The lowest BCUT2D eigenvalue weighted by atomic mass is 10.1. The Labute approximate surface area is 195 Å². The van der Waals surface area contributed by atoms with Crippen molar-refractivity contribution in [2.45, 2.75) is 13.5 Å². The molecule has 2 N–H and O–H groups in total. The van der Waals surface area contributed by atoms with Gasteiger partial charge in [0.2, 0.25) is 0 Å². The normalized spacial score (nSPS) is 10.5. The number of ether oxygens (including phenoxy) is 1. The largest absolute Gasteiger partial charge is 0.486 e. The molecule has 2 aromatic carbocycles. The average molecular weight is 458 g/mol. The predicted octanol–water partition coefficient (Wildman–Crippen LogP) is 4.30. The zero-order valence-corrected chi connectivity index (χ0v) is 18.6. The minimum absolute atomic E-state index is 0.0191. The number of ketones is 1. The van der Waals surface area contributed by atoms with Gasteiger partial charge in [-0.15, -0.1) is 0 Å². The van der Waals surface area contributed by atoms with E-state index in [9.17, 15) is 14.4 Å². The van der Waals surface area contributed by atoms with E-state index in [1.165, 1.54) is 6.92 Å². The Morgan fingerprint density at radius 1 is 0.941 bits per heavy atom. The molecule has 0 saturated carbocycles. The fourth-order valence-electron chi connectivity index (χ4n) is 3.12. The van der Waals surface area contributed by atoms with Gasteiger partial charge in [0.05, 0.1) is 0 Å². The van der Waals surface area contributed by atoms with E-state index in [0.717, 1.165) is 0 Å². The molecule has 0 aliphatic carbocycles. The SMILES string of the molecule is CC(=O)c1ccc(OCc2ccc(C(=O)Nc3cccc(NC(=O)c4ccn(C)n4)c3)o2)cc1. The van der Waals surface area contributed by atoms with Gasteiger partial charge in [-0.25, -0.2) is 0 Å². The van der Waals surface area contributed by atoms with Crippen LogP contribution in [0.1, 0.15) is 44.1 Å².